The van der Waals surface area contributed by atoms with E-state index in [-0.39, 0.29) is 30.0 Å². The van der Waals surface area contributed by atoms with Gasteiger partial charge in [-0.3, -0.25) is 14.2 Å². The van der Waals surface area contributed by atoms with Gasteiger partial charge < -0.3 is 9.84 Å². The molecule has 0 saturated heterocycles. The zero-order valence-electron chi connectivity index (χ0n) is 16.5. The van der Waals surface area contributed by atoms with E-state index in [4.69, 9.17) is 16.1 Å². The van der Waals surface area contributed by atoms with Gasteiger partial charge in [0.25, 0.3) is 11.1 Å². The Bertz CT molecular complexity index is 1290. The minimum atomic E-state index is -0.378. The van der Waals surface area contributed by atoms with E-state index in [1.54, 1.807) is 12.1 Å². The molecule has 0 bridgehead atoms. The first kappa shape index (κ1) is 19.8. The summed E-state index contributed by atoms with van der Waals surface area (Å²) in [4.78, 5) is 29.3. The van der Waals surface area contributed by atoms with E-state index in [1.165, 1.54) is 10.9 Å². The third-order valence-electron chi connectivity index (χ3n) is 4.81. The van der Waals surface area contributed by atoms with Crippen molar-refractivity contribution in [3.8, 4) is 11.3 Å². The molecule has 2 heterocycles. The van der Waals surface area contributed by atoms with Gasteiger partial charge >= 0.3 is 0 Å². The molecule has 0 saturated carbocycles. The van der Waals surface area contributed by atoms with Crippen LogP contribution in [0.1, 0.15) is 17.5 Å². The predicted octanol–water partition coefficient (Wildman–Crippen LogP) is 4.35. The van der Waals surface area contributed by atoms with Crippen molar-refractivity contribution < 1.29 is 9.32 Å². The number of nitrogens with zero attached hydrogens (tertiary/aromatic N) is 3. The van der Waals surface area contributed by atoms with Crippen LogP contribution in [0.25, 0.3) is 22.4 Å². The van der Waals surface area contributed by atoms with E-state index in [0.29, 0.717) is 21.9 Å². The summed E-state index contributed by atoms with van der Waals surface area (Å²) in [6, 6.07) is 13.0. The Morgan fingerprint density at radius 2 is 1.93 bits per heavy atom. The fourth-order valence-electron chi connectivity index (χ4n) is 3.03. The van der Waals surface area contributed by atoms with Crippen molar-refractivity contribution in [1.29, 1.82) is 0 Å². The van der Waals surface area contributed by atoms with Gasteiger partial charge in [-0.1, -0.05) is 52.7 Å². The van der Waals surface area contributed by atoms with E-state index < -0.39 is 0 Å². The Hall–Kier alpha value is -3.45. The molecule has 0 aliphatic heterocycles. The molecule has 0 radical (unpaired) electrons. The second kappa shape index (κ2) is 8.12. The first-order valence-electron chi connectivity index (χ1n) is 9.40. The number of amides is 1. The number of aryl methyl sites for hydroxylation is 3. The molecule has 4 rings (SSSR count). The zero-order chi connectivity index (χ0) is 21.3. The Labute approximate surface area is 177 Å². The lowest BCUT2D eigenvalue weighted by molar-refractivity contribution is -0.116. The minimum absolute atomic E-state index is 0.0683. The SMILES string of the molecule is Cc1ccc(-c2noc3c(=O)n(CCC(=O)Nc4ccc(C)c(Cl)c4)cnc23)cc1. The van der Waals surface area contributed by atoms with Crippen LogP contribution in [0.2, 0.25) is 5.02 Å². The molecule has 2 aromatic heterocycles. The van der Waals surface area contributed by atoms with Gasteiger partial charge in [0.1, 0.15) is 11.2 Å². The van der Waals surface area contributed by atoms with E-state index in [0.717, 1.165) is 16.7 Å². The van der Waals surface area contributed by atoms with Gasteiger partial charge in [-0.05, 0) is 31.5 Å². The number of fused-ring (bicyclic) bond motifs is 1. The van der Waals surface area contributed by atoms with Gasteiger partial charge in [0.05, 0.1) is 6.33 Å². The number of carbonyl (C=O) groups is 1. The molecule has 0 aliphatic carbocycles. The average molecular weight is 423 g/mol. The van der Waals surface area contributed by atoms with Gasteiger partial charge in [0.2, 0.25) is 5.91 Å². The number of rotatable bonds is 5. The Kier molecular flexibility index (Phi) is 5.37. The number of aromatic nitrogens is 3. The normalized spacial score (nSPS) is 11.0. The lowest BCUT2D eigenvalue weighted by Gasteiger charge is -2.08. The molecule has 0 fully saturated rings. The molecule has 4 aromatic rings. The smallest absolute Gasteiger partial charge is 0.299 e. The lowest BCUT2D eigenvalue weighted by Crippen LogP contribution is -2.23. The highest BCUT2D eigenvalue weighted by atomic mass is 35.5. The van der Waals surface area contributed by atoms with E-state index >= 15 is 0 Å². The fraction of sp³-hybridized carbons (Fsp3) is 0.182. The van der Waals surface area contributed by atoms with Crippen molar-refractivity contribution in [2.75, 3.05) is 5.32 Å². The molecular weight excluding hydrogens is 404 g/mol. The van der Waals surface area contributed by atoms with Crippen LogP contribution in [0, 0.1) is 13.8 Å². The maximum atomic E-state index is 12.7. The number of hydrogen-bond acceptors (Lipinski definition) is 5. The number of hydrogen-bond donors (Lipinski definition) is 1. The minimum Gasteiger partial charge on any atom is -0.348 e. The van der Waals surface area contributed by atoms with E-state index in [2.05, 4.69) is 15.5 Å². The molecule has 30 heavy (non-hydrogen) atoms. The summed E-state index contributed by atoms with van der Waals surface area (Å²) in [6.45, 7) is 4.04. The van der Waals surface area contributed by atoms with Gasteiger partial charge in [0.15, 0.2) is 0 Å². The highest BCUT2D eigenvalue weighted by Gasteiger charge is 2.16. The third kappa shape index (κ3) is 3.97. The molecule has 8 heteroatoms. The predicted molar refractivity (Wildman–Crippen MR) is 116 cm³/mol. The molecule has 0 atom stereocenters. The van der Waals surface area contributed by atoms with Gasteiger partial charge in [0, 0.05) is 29.2 Å². The van der Waals surface area contributed by atoms with Crippen molar-refractivity contribution in [3.63, 3.8) is 0 Å². The molecule has 0 aliphatic rings. The average Bonchev–Trinajstić information content (AvgIpc) is 3.16. The maximum absolute atomic E-state index is 12.7. The summed E-state index contributed by atoms with van der Waals surface area (Å²) in [5.41, 5.74) is 4.08. The molecule has 0 spiro atoms. The number of anilines is 1. The van der Waals surface area contributed by atoms with Crippen LogP contribution in [0.5, 0.6) is 0 Å². The van der Waals surface area contributed by atoms with Crippen LogP contribution in [0.3, 0.4) is 0 Å². The summed E-state index contributed by atoms with van der Waals surface area (Å²) in [7, 11) is 0. The largest absolute Gasteiger partial charge is 0.348 e. The maximum Gasteiger partial charge on any atom is 0.299 e. The van der Waals surface area contributed by atoms with Crippen molar-refractivity contribution >= 4 is 34.3 Å². The van der Waals surface area contributed by atoms with Crippen molar-refractivity contribution in [1.82, 2.24) is 14.7 Å². The lowest BCUT2D eigenvalue weighted by atomic mass is 10.1. The standard InChI is InChI=1S/C22H19ClN4O3/c1-13-3-6-15(7-4-13)19-20-21(30-26-19)22(29)27(12-24-20)10-9-18(28)25-16-8-5-14(2)17(23)11-16/h3-8,11-12H,9-10H2,1-2H3,(H,25,28). The number of benzene rings is 2. The molecule has 0 unspecified atom stereocenters. The highest BCUT2D eigenvalue weighted by molar-refractivity contribution is 6.31. The molecule has 1 N–H and O–H groups in total. The van der Waals surface area contributed by atoms with Crippen molar-refractivity contribution in [2.45, 2.75) is 26.8 Å². The molecular formula is C22H19ClN4O3. The van der Waals surface area contributed by atoms with Gasteiger partial charge in [-0.15, -0.1) is 0 Å². The summed E-state index contributed by atoms with van der Waals surface area (Å²) >= 11 is 6.08. The van der Waals surface area contributed by atoms with E-state index in [1.807, 2.05) is 44.2 Å². The van der Waals surface area contributed by atoms with Crippen LogP contribution >= 0.6 is 11.6 Å². The topological polar surface area (TPSA) is 90.0 Å². The van der Waals surface area contributed by atoms with Crippen LogP contribution in [-0.4, -0.2) is 20.6 Å². The summed E-state index contributed by atoms with van der Waals surface area (Å²) in [5, 5.41) is 7.37. The quantitative estimate of drug-likeness (QED) is 0.516. The number of carbonyl (C=O) groups excluding carboxylic acids is 1. The molecule has 7 nitrogen and oxygen atoms in total. The second-order valence-electron chi connectivity index (χ2n) is 7.08. The van der Waals surface area contributed by atoms with Gasteiger partial charge in [-0.2, -0.15) is 0 Å². The monoisotopic (exact) mass is 422 g/mol. The first-order chi connectivity index (χ1) is 14.4. The Morgan fingerprint density at radius 1 is 1.17 bits per heavy atom. The van der Waals surface area contributed by atoms with Crippen LogP contribution in [-0.2, 0) is 11.3 Å². The molecule has 2 aromatic carbocycles. The first-order valence-corrected chi connectivity index (χ1v) is 9.78. The molecule has 152 valence electrons. The second-order valence-corrected chi connectivity index (χ2v) is 7.49. The number of nitrogens with one attached hydrogen (secondary N) is 1. The van der Waals surface area contributed by atoms with E-state index in [9.17, 15) is 9.59 Å². The summed E-state index contributed by atoms with van der Waals surface area (Å²) < 4.78 is 6.61. The van der Waals surface area contributed by atoms with Crippen molar-refractivity contribution in [3.05, 3.63) is 75.3 Å². The highest BCUT2D eigenvalue weighted by Crippen LogP contribution is 2.24. The number of halogens is 1. The Balaban J connectivity index is 1.50. The van der Waals surface area contributed by atoms with Crippen molar-refractivity contribution in [2.24, 2.45) is 0 Å². The van der Waals surface area contributed by atoms with Gasteiger partial charge in [-0.25, -0.2) is 4.98 Å². The summed E-state index contributed by atoms with van der Waals surface area (Å²) in [6.07, 6.45) is 1.51. The fourth-order valence-corrected chi connectivity index (χ4v) is 3.21. The third-order valence-corrected chi connectivity index (χ3v) is 5.22. The molecule has 1 amide bonds. The Morgan fingerprint density at radius 3 is 2.67 bits per heavy atom. The zero-order valence-corrected chi connectivity index (χ0v) is 17.2. The van der Waals surface area contributed by atoms with Crippen LogP contribution in [0.15, 0.2) is 58.1 Å². The van der Waals surface area contributed by atoms with Crippen LogP contribution in [0.4, 0.5) is 5.69 Å². The summed E-state index contributed by atoms with van der Waals surface area (Å²) in [5.74, 6) is -0.236. The van der Waals surface area contributed by atoms with Crippen LogP contribution < -0.4 is 10.9 Å².